The molecular formula is C13H15BrN4. The normalized spacial score (nSPS) is 19.3. The van der Waals surface area contributed by atoms with Crippen molar-refractivity contribution in [3.05, 3.63) is 34.7 Å². The molecule has 5 heteroatoms. The smallest absolute Gasteiger partial charge is 0.0942 e. The molecule has 3 rings (SSSR count). The fourth-order valence-electron chi connectivity index (χ4n) is 2.48. The molecular weight excluding hydrogens is 292 g/mol. The van der Waals surface area contributed by atoms with Gasteiger partial charge in [0, 0.05) is 25.0 Å². The van der Waals surface area contributed by atoms with Crippen molar-refractivity contribution >= 4 is 15.9 Å². The van der Waals surface area contributed by atoms with Crippen LogP contribution in [0.5, 0.6) is 0 Å². The first kappa shape index (κ1) is 11.9. The molecule has 1 N–H and O–H groups in total. The first-order chi connectivity index (χ1) is 8.77. The lowest BCUT2D eigenvalue weighted by Crippen LogP contribution is -2.14. The van der Waals surface area contributed by atoms with Gasteiger partial charge in [0.2, 0.25) is 0 Å². The first-order valence-electron chi connectivity index (χ1n) is 6.13. The minimum Gasteiger partial charge on any atom is -0.309 e. The van der Waals surface area contributed by atoms with E-state index in [1.165, 1.54) is 6.42 Å². The third-order valence-electron chi connectivity index (χ3n) is 3.34. The lowest BCUT2D eigenvalue weighted by Gasteiger charge is -2.06. The molecule has 1 fully saturated rings. The first-order valence-corrected chi connectivity index (χ1v) is 6.93. The van der Waals surface area contributed by atoms with Crippen molar-refractivity contribution in [1.29, 1.82) is 0 Å². The van der Waals surface area contributed by atoms with Crippen LogP contribution in [0.15, 0.2) is 29.0 Å². The number of hydrogen-bond acceptors (Lipinski definition) is 3. The zero-order chi connectivity index (χ0) is 12.5. The van der Waals surface area contributed by atoms with Crippen molar-refractivity contribution in [2.75, 3.05) is 6.54 Å². The van der Waals surface area contributed by atoms with Crippen LogP contribution in [-0.4, -0.2) is 21.3 Å². The van der Waals surface area contributed by atoms with E-state index in [2.05, 4.69) is 37.4 Å². The van der Waals surface area contributed by atoms with Gasteiger partial charge >= 0.3 is 0 Å². The van der Waals surface area contributed by atoms with Crippen molar-refractivity contribution in [3.8, 4) is 11.3 Å². The average Bonchev–Trinajstić information content (AvgIpc) is 2.99. The number of rotatable bonds is 2. The van der Waals surface area contributed by atoms with Gasteiger partial charge in [-0.3, -0.25) is 9.67 Å². The number of halogens is 1. The van der Waals surface area contributed by atoms with E-state index in [9.17, 15) is 0 Å². The Balaban J connectivity index is 2.06. The SMILES string of the molecule is Cn1nc(C2CCCN2)c(Br)c1-c1cccnc1. The summed E-state index contributed by atoms with van der Waals surface area (Å²) in [4.78, 5) is 4.17. The summed E-state index contributed by atoms with van der Waals surface area (Å²) in [5.41, 5.74) is 3.28. The minimum atomic E-state index is 0.371. The number of nitrogens with one attached hydrogen (secondary N) is 1. The monoisotopic (exact) mass is 306 g/mol. The molecule has 3 heterocycles. The molecule has 0 bridgehead atoms. The van der Waals surface area contributed by atoms with Crippen LogP contribution < -0.4 is 5.32 Å². The van der Waals surface area contributed by atoms with Crippen LogP contribution in [0.2, 0.25) is 0 Å². The molecule has 0 amide bonds. The molecule has 18 heavy (non-hydrogen) atoms. The Bertz CT molecular complexity index is 544. The van der Waals surface area contributed by atoms with Crippen LogP contribution in [0.25, 0.3) is 11.3 Å². The summed E-state index contributed by atoms with van der Waals surface area (Å²) in [6.45, 7) is 1.08. The maximum atomic E-state index is 4.65. The molecule has 0 saturated carbocycles. The van der Waals surface area contributed by atoms with Gasteiger partial charge in [-0.1, -0.05) is 0 Å². The lowest BCUT2D eigenvalue weighted by molar-refractivity contribution is 0.606. The van der Waals surface area contributed by atoms with Crippen molar-refractivity contribution in [1.82, 2.24) is 20.1 Å². The second kappa shape index (κ2) is 4.82. The molecule has 1 aliphatic heterocycles. The molecule has 2 aromatic rings. The van der Waals surface area contributed by atoms with E-state index in [0.29, 0.717) is 6.04 Å². The summed E-state index contributed by atoms with van der Waals surface area (Å²) in [7, 11) is 1.98. The number of pyridine rings is 1. The van der Waals surface area contributed by atoms with Gasteiger partial charge in [-0.2, -0.15) is 5.10 Å². The number of nitrogens with zero attached hydrogens (tertiary/aromatic N) is 3. The Morgan fingerprint density at radius 1 is 1.50 bits per heavy atom. The molecule has 4 nitrogen and oxygen atoms in total. The van der Waals surface area contributed by atoms with Crippen molar-refractivity contribution in [2.24, 2.45) is 7.05 Å². The Morgan fingerprint density at radius 3 is 3.06 bits per heavy atom. The van der Waals surface area contributed by atoms with Crippen LogP contribution in [0.4, 0.5) is 0 Å². The fraction of sp³-hybridized carbons (Fsp3) is 0.385. The second-order valence-corrected chi connectivity index (χ2v) is 5.36. The summed E-state index contributed by atoms with van der Waals surface area (Å²) >= 11 is 3.70. The Morgan fingerprint density at radius 2 is 2.39 bits per heavy atom. The van der Waals surface area contributed by atoms with Crippen LogP contribution in [0, 0.1) is 0 Å². The predicted octanol–water partition coefficient (Wildman–Crippen LogP) is 2.67. The highest BCUT2D eigenvalue weighted by atomic mass is 79.9. The molecule has 0 aromatic carbocycles. The summed E-state index contributed by atoms with van der Waals surface area (Å²) in [6, 6.07) is 4.37. The summed E-state index contributed by atoms with van der Waals surface area (Å²) < 4.78 is 3.01. The van der Waals surface area contributed by atoms with Gasteiger partial charge in [0.05, 0.1) is 21.9 Å². The molecule has 1 unspecified atom stereocenters. The maximum absolute atomic E-state index is 4.65. The van der Waals surface area contributed by atoms with E-state index in [-0.39, 0.29) is 0 Å². The molecule has 0 spiro atoms. The summed E-state index contributed by atoms with van der Waals surface area (Å²) in [5, 5.41) is 8.13. The zero-order valence-corrected chi connectivity index (χ0v) is 11.8. The molecule has 0 aliphatic carbocycles. The van der Waals surface area contributed by atoms with E-state index in [1.54, 1.807) is 6.20 Å². The third-order valence-corrected chi connectivity index (χ3v) is 4.12. The van der Waals surface area contributed by atoms with Gasteiger partial charge in [0.15, 0.2) is 0 Å². The van der Waals surface area contributed by atoms with Gasteiger partial charge in [-0.05, 0) is 47.4 Å². The Kier molecular flexibility index (Phi) is 3.18. The highest BCUT2D eigenvalue weighted by Gasteiger charge is 2.25. The molecule has 0 radical (unpaired) electrons. The molecule has 94 valence electrons. The van der Waals surface area contributed by atoms with Gasteiger partial charge in [0.1, 0.15) is 0 Å². The van der Waals surface area contributed by atoms with E-state index in [0.717, 1.165) is 34.4 Å². The molecule has 1 saturated heterocycles. The number of hydrogen-bond donors (Lipinski definition) is 1. The van der Waals surface area contributed by atoms with Gasteiger partial charge in [-0.25, -0.2) is 0 Å². The standard InChI is InChI=1S/C13H15BrN4/c1-18-13(9-4-2-6-15-8-9)11(14)12(17-18)10-5-3-7-16-10/h2,4,6,8,10,16H,3,5,7H2,1H3. The van der Waals surface area contributed by atoms with Crippen molar-refractivity contribution in [3.63, 3.8) is 0 Å². The molecule has 1 atom stereocenters. The summed E-state index contributed by atoms with van der Waals surface area (Å²) in [5.74, 6) is 0. The number of aryl methyl sites for hydroxylation is 1. The van der Waals surface area contributed by atoms with Crippen LogP contribution in [-0.2, 0) is 7.05 Å². The average molecular weight is 307 g/mol. The number of aromatic nitrogens is 3. The molecule has 2 aromatic heterocycles. The second-order valence-electron chi connectivity index (χ2n) is 4.56. The van der Waals surface area contributed by atoms with Crippen LogP contribution in [0.3, 0.4) is 0 Å². The summed E-state index contributed by atoms with van der Waals surface area (Å²) in [6.07, 6.45) is 6.03. The highest BCUT2D eigenvalue weighted by molar-refractivity contribution is 9.10. The highest BCUT2D eigenvalue weighted by Crippen LogP contribution is 2.35. The van der Waals surface area contributed by atoms with Gasteiger partial charge in [-0.15, -0.1) is 0 Å². The third kappa shape index (κ3) is 1.97. The van der Waals surface area contributed by atoms with Crippen molar-refractivity contribution in [2.45, 2.75) is 18.9 Å². The van der Waals surface area contributed by atoms with Gasteiger partial charge < -0.3 is 5.32 Å². The van der Waals surface area contributed by atoms with E-state index < -0.39 is 0 Å². The van der Waals surface area contributed by atoms with Crippen LogP contribution >= 0.6 is 15.9 Å². The molecule has 1 aliphatic rings. The zero-order valence-electron chi connectivity index (χ0n) is 10.2. The lowest BCUT2D eigenvalue weighted by atomic mass is 10.1. The van der Waals surface area contributed by atoms with E-state index in [4.69, 9.17) is 0 Å². The predicted molar refractivity (Wildman–Crippen MR) is 74.1 cm³/mol. The Labute approximate surface area is 115 Å². The largest absolute Gasteiger partial charge is 0.309 e. The van der Waals surface area contributed by atoms with E-state index in [1.807, 2.05) is 24.0 Å². The minimum absolute atomic E-state index is 0.371. The fourth-order valence-corrected chi connectivity index (χ4v) is 3.32. The quantitative estimate of drug-likeness (QED) is 0.927. The van der Waals surface area contributed by atoms with Crippen LogP contribution in [0.1, 0.15) is 24.6 Å². The maximum Gasteiger partial charge on any atom is 0.0942 e. The van der Waals surface area contributed by atoms with Gasteiger partial charge in [0.25, 0.3) is 0 Å². The van der Waals surface area contributed by atoms with Crippen molar-refractivity contribution < 1.29 is 0 Å². The topological polar surface area (TPSA) is 42.7 Å². The Hall–Kier alpha value is -1.20. The van der Waals surface area contributed by atoms with E-state index >= 15 is 0 Å².